The second-order valence-electron chi connectivity index (χ2n) is 4.35. The molecular weight excluding hydrogens is 320 g/mol. The average Bonchev–Trinajstić information content (AvgIpc) is 2.92. The van der Waals surface area contributed by atoms with E-state index in [0.717, 1.165) is 27.2 Å². The summed E-state index contributed by atoms with van der Waals surface area (Å²) in [4.78, 5) is 0. The summed E-state index contributed by atoms with van der Waals surface area (Å²) in [5.74, 6) is 1.57. The Kier molecular flexibility index (Phi) is 3.48. The molecule has 0 unspecified atom stereocenters. The molecule has 20 heavy (non-hydrogen) atoms. The van der Waals surface area contributed by atoms with Crippen molar-refractivity contribution in [3.05, 3.63) is 52.0 Å². The zero-order valence-electron chi connectivity index (χ0n) is 10.5. The Labute approximate surface area is 125 Å². The molecule has 2 aromatic carbocycles. The molecule has 0 saturated carbocycles. The molecule has 0 atom stereocenters. The molecule has 3 rings (SSSR count). The first-order valence-electron chi connectivity index (χ1n) is 6.08. The average molecular weight is 331 g/mol. The van der Waals surface area contributed by atoms with E-state index in [-0.39, 0.29) is 6.79 Å². The number of halogens is 1. The topological polar surface area (TPSA) is 54.3 Å². The maximum Gasteiger partial charge on any atom is 0.231 e. The number of hydrogen-bond donors (Lipinski definition) is 1. The molecule has 5 heteroatoms. The number of nitrogens with zero attached hydrogens (tertiary/aromatic N) is 1. The Balaban J connectivity index is 1.70. The highest BCUT2D eigenvalue weighted by Gasteiger charge is 2.12. The van der Waals surface area contributed by atoms with Crippen molar-refractivity contribution in [1.29, 1.82) is 5.26 Å². The first kappa shape index (κ1) is 12.8. The summed E-state index contributed by atoms with van der Waals surface area (Å²) in [6.07, 6.45) is 0. The molecule has 0 spiro atoms. The lowest BCUT2D eigenvalue weighted by molar-refractivity contribution is 0.174. The fraction of sp³-hybridized carbons (Fsp3) is 0.133. The summed E-state index contributed by atoms with van der Waals surface area (Å²) in [6, 6.07) is 13.6. The smallest absolute Gasteiger partial charge is 0.231 e. The molecule has 4 nitrogen and oxygen atoms in total. The van der Waals surface area contributed by atoms with Crippen molar-refractivity contribution in [1.82, 2.24) is 0 Å². The van der Waals surface area contributed by atoms with Crippen LogP contribution in [0, 0.1) is 11.3 Å². The summed E-state index contributed by atoms with van der Waals surface area (Å²) < 4.78 is 11.4. The van der Waals surface area contributed by atoms with Crippen molar-refractivity contribution >= 4 is 21.6 Å². The number of benzene rings is 2. The van der Waals surface area contributed by atoms with Gasteiger partial charge in [-0.1, -0.05) is 6.07 Å². The highest BCUT2D eigenvalue weighted by molar-refractivity contribution is 9.10. The second kappa shape index (κ2) is 5.43. The Morgan fingerprint density at radius 1 is 1.15 bits per heavy atom. The van der Waals surface area contributed by atoms with Gasteiger partial charge < -0.3 is 14.8 Å². The summed E-state index contributed by atoms with van der Waals surface area (Å²) in [5, 5.41) is 12.2. The molecule has 1 heterocycles. The van der Waals surface area contributed by atoms with Crippen LogP contribution in [0.2, 0.25) is 0 Å². The van der Waals surface area contributed by atoms with Crippen LogP contribution >= 0.6 is 15.9 Å². The number of fused-ring (bicyclic) bond motifs is 1. The van der Waals surface area contributed by atoms with Gasteiger partial charge in [0.05, 0.1) is 5.56 Å². The van der Waals surface area contributed by atoms with Crippen molar-refractivity contribution in [2.75, 3.05) is 12.1 Å². The molecule has 1 aliphatic heterocycles. The van der Waals surface area contributed by atoms with E-state index in [1.54, 1.807) is 6.07 Å². The van der Waals surface area contributed by atoms with Gasteiger partial charge in [0.2, 0.25) is 6.79 Å². The SMILES string of the molecule is N#Cc1ccc(NCc2ccc3c(c2)OCO3)cc1Br. The van der Waals surface area contributed by atoms with Crippen molar-refractivity contribution in [2.45, 2.75) is 6.54 Å². The lowest BCUT2D eigenvalue weighted by atomic mass is 10.2. The van der Waals surface area contributed by atoms with Crippen LogP contribution in [0.5, 0.6) is 11.5 Å². The number of nitrogens with one attached hydrogen (secondary N) is 1. The Morgan fingerprint density at radius 3 is 2.80 bits per heavy atom. The molecule has 0 fully saturated rings. The van der Waals surface area contributed by atoms with Crippen LogP contribution in [0.4, 0.5) is 5.69 Å². The minimum Gasteiger partial charge on any atom is -0.454 e. The first-order chi connectivity index (χ1) is 9.76. The molecule has 0 bridgehead atoms. The number of rotatable bonds is 3. The number of hydrogen-bond acceptors (Lipinski definition) is 4. The van der Waals surface area contributed by atoms with Crippen molar-refractivity contribution in [3.8, 4) is 17.6 Å². The maximum absolute atomic E-state index is 8.88. The van der Waals surface area contributed by atoms with E-state index in [4.69, 9.17) is 14.7 Å². The van der Waals surface area contributed by atoms with Crippen molar-refractivity contribution in [3.63, 3.8) is 0 Å². The van der Waals surface area contributed by atoms with Crippen molar-refractivity contribution in [2.24, 2.45) is 0 Å². The fourth-order valence-electron chi connectivity index (χ4n) is 1.97. The van der Waals surface area contributed by atoms with E-state index >= 15 is 0 Å². The van der Waals surface area contributed by atoms with E-state index in [0.29, 0.717) is 12.1 Å². The lowest BCUT2D eigenvalue weighted by Crippen LogP contribution is -1.99. The molecule has 0 amide bonds. The van der Waals surface area contributed by atoms with Crippen LogP contribution in [0.1, 0.15) is 11.1 Å². The van der Waals surface area contributed by atoms with E-state index in [2.05, 4.69) is 27.3 Å². The first-order valence-corrected chi connectivity index (χ1v) is 6.87. The largest absolute Gasteiger partial charge is 0.454 e. The van der Waals surface area contributed by atoms with Gasteiger partial charge in [-0.05, 0) is 51.8 Å². The molecular formula is C15H11BrN2O2. The second-order valence-corrected chi connectivity index (χ2v) is 5.20. The normalized spacial score (nSPS) is 12.0. The standard InChI is InChI=1S/C15H11BrN2O2/c16-13-6-12(3-2-11(13)7-17)18-8-10-1-4-14-15(5-10)20-9-19-14/h1-6,18H,8-9H2. The minimum absolute atomic E-state index is 0.286. The summed E-state index contributed by atoms with van der Waals surface area (Å²) in [5.41, 5.74) is 2.68. The molecule has 1 aliphatic rings. The predicted molar refractivity (Wildman–Crippen MR) is 78.7 cm³/mol. The van der Waals surface area contributed by atoms with E-state index in [1.807, 2.05) is 30.3 Å². The number of nitriles is 1. The van der Waals surface area contributed by atoms with Crippen LogP contribution in [0.3, 0.4) is 0 Å². The molecule has 2 aromatic rings. The Hall–Kier alpha value is -2.19. The molecule has 1 N–H and O–H groups in total. The summed E-state index contributed by atoms with van der Waals surface area (Å²) >= 11 is 3.38. The van der Waals surface area contributed by atoms with Gasteiger partial charge in [-0.2, -0.15) is 5.26 Å². The zero-order valence-corrected chi connectivity index (χ0v) is 12.1. The van der Waals surface area contributed by atoms with Crippen LogP contribution in [0.15, 0.2) is 40.9 Å². The van der Waals surface area contributed by atoms with Gasteiger partial charge in [0.15, 0.2) is 11.5 Å². The maximum atomic E-state index is 8.88. The van der Waals surface area contributed by atoms with Crippen LogP contribution in [0.25, 0.3) is 0 Å². The van der Waals surface area contributed by atoms with Gasteiger partial charge >= 0.3 is 0 Å². The Morgan fingerprint density at radius 2 is 2.00 bits per heavy atom. The predicted octanol–water partition coefficient (Wildman–Crippen LogP) is 3.66. The van der Waals surface area contributed by atoms with Gasteiger partial charge in [0, 0.05) is 16.7 Å². The molecule has 0 saturated heterocycles. The third kappa shape index (κ3) is 2.56. The Bertz CT molecular complexity index is 684. The third-order valence-electron chi connectivity index (χ3n) is 3.02. The minimum atomic E-state index is 0.286. The van der Waals surface area contributed by atoms with Gasteiger partial charge in [-0.15, -0.1) is 0 Å². The van der Waals surface area contributed by atoms with E-state index < -0.39 is 0 Å². The third-order valence-corrected chi connectivity index (χ3v) is 3.68. The molecule has 0 aliphatic carbocycles. The number of anilines is 1. The van der Waals surface area contributed by atoms with Gasteiger partial charge in [-0.25, -0.2) is 0 Å². The fourth-order valence-corrected chi connectivity index (χ4v) is 2.44. The van der Waals surface area contributed by atoms with Crippen LogP contribution in [-0.4, -0.2) is 6.79 Å². The van der Waals surface area contributed by atoms with Gasteiger partial charge in [0.1, 0.15) is 6.07 Å². The quantitative estimate of drug-likeness (QED) is 0.933. The number of ether oxygens (including phenoxy) is 2. The molecule has 100 valence electrons. The lowest BCUT2D eigenvalue weighted by Gasteiger charge is -2.08. The van der Waals surface area contributed by atoms with Crippen LogP contribution < -0.4 is 14.8 Å². The van der Waals surface area contributed by atoms with Gasteiger partial charge in [0.25, 0.3) is 0 Å². The molecule has 0 aromatic heterocycles. The van der Waals surface area contributed by atoms with Crippen molar-refractivity contribution < 1.29 is 9.47 Å². The monoisotopic (exact) mass is 330 g/mol. The van der Waals surface area contributed by atoms with Crippen LogP contribution in [-0.2, 0) is 6.54 Å². The summed E-state index contributed by atoms with van der Waals surface area (Å²) in [6.45, 7) is 0.962. The van der Waals surface area contributed by atoms with E-state index in [9.17, 15) is 0 Å². The molecule has 0 radical (unpaired) electrons. The highest BCUT2D eigenvalue weighted by Crippen LogP contribution is 2.32. The van der Waals surface area contributed by atoms with E-state index in [1.165, 1.54) is 0 Å². The zero-order chi connectivity index (χ0) is 13.9. The van der Waals surface area contributed by atoms with Gasteiger partial charge in [-0.3, -0.25) is 0 Å². The summed E-state index contributed by atoms with van der Waals surface area (Å²) in [7, 11) is 0. The highest BCUT2D eigenvalue weighted by atomic mass is 79.9.